The third-order valence-corrected chi connectivity index (χ3v) is 7.35. The number of hydrogen-bond acceptors (Lipinski definition) is 9. The number of sulfone groups is 2. The molecular formula is C22H26O10S2. The van der Waals surface area contributed by atoms with Crippen LogP contribution in [0, 0.1) is 0 Å². The van der Waals surface area contributed by atoms with Gasteiger partial charge in [0.15, 0.2) is 19.7 Å². The molecule has 0 saturated carbocycles. The average molecular weight is 515 g/mol. The van der Waals surface area contributed by atoms with Crippen molar-refractivity contribution in [3.8, 4) is 23.0 Å². The zero-order valence-corrected chi connectivity index (χ0v) is 20.7. The Bertz CT molecular complexity index is 1250. The van der Waals surface area contributed by atoms with E-state index in [1.807, 2.05) is 0 Å². The van der Waals surface area contributed by atoms with E-state index in [9.17, 15) is 21.6 Å². The van der Waals surface area contributed by atoms with E-state index in [-0.39, 0.29) is 11.3 Å². The molecule has 0 atom stereocenters. The molecule has 0 spiro atoms. The lowest BCUT2D eigenvalue weighted by Crippen LogP contribution is -2.17. The van der Waals surface area contributed by atoms with Gasteiger partial charge in [-0.3, -0.25) is 4.79 Å². The van der Waals surface area contributed by atoms with Crippen LogP contribution in [0.5, 0.6) is 23.0 Å². The van der Waals surface area contributed by atoms with Crippen molar-refractivity contribution in [1.82, 2.24) is 0 Å². The normalized spacial score (nSPS) is 11.9. The SMILES string of the molecule is COc1cc(OC)c(/C=C/S(=O)(=O)Cc2ccc(OC)c(CS(=O)(=O)CC(=O)O)c2)c(OC)c1. The van der Waals surface area contributed by atoms with Crippen LogP contribution in [0.25, 0.3) is 6.08 Å². The highest BCUT2D eigenvalue weighted by Gasteiger charge is 2.20. The fraction of sp³-hybridized carbons (Fsp3) is 0.318. The summed E-state index contributed by atoms with van der Waals surface area (Å²) in [6.45, 7) is 0. The minimum absolute atomic E-state index is 0.166. The Morgan fingerprint density at radius 1 is 0.853 bits per heavy atom. The number of hydrogen-bond donors (Lipinski definition) is 1. The maximum Gasteiger partial charge on any atom is 0.318 e. The predicted molar refractivity (Wildman–Crippen MR) is 126 cm³/mol. The second-order valence-electron chi connectivity index (χ2n) is 7.13. The Balaban J connectivity index is 2.35. The molecule has 0 aliphatic rings. The van der Waals surface area contributed by atoms with E-state index in [2.05, 4.69) is 0 Å². The van der Waals surface area contributed by atoms with Crippen molar-refractivity contribution in [3.63, 3.8) is 0 Å². The molecule has 0 heterocycles. The first-order valence-electron chi connectivity index (χ1n) is 9.72. The summed E-state index contributed by atoms with van der Waals surface area (Å²) in [5.41, 5.74) is 0.864. The number of ether oxygens (including phenoxy) is 4. The average Bonchev–Trinajstić information content (AvgIpc) is 2.75. The third-order valence-electron chi connectivity index (χ3n) is 4.63. The van der Waals surface area contributed by atoms with Crippen molar-refractivity contribution in [1.29, 1.82) is 0 Å². The lowest BCUT2D eigenvalue weighted by molar-refractivity contribution is -0.134. The molecule has 186 valence electrons. The van der Waals surface area contributed by atoms with Crippen molar-refractivity contribution in [2.24, 2.45) is 0 Å². The lowest BCUT2D eigenvalue weighted by atomic mass is 10.1. The number of carboxylic acids is 1. The second kappa shape index (κ2) is 11.3. The summed E-state index contributed by atoms with van der Waals surface area (Å²) in [6.07, 6.45) is 1.34. The van der Waals surface area contributed by atoms with Crippen molar-refractivity contribution < 1.29 is 45.7 Å². The zero-order chi connectivity index (χ0) is 25.5. The van der Waals surface area contributed by atoms with E-state index in [4.69, 9.17) is 24.1 Å². The van der Waals surface area contributed by atoms with E-state index in [0.29, 0.717) is 28.4 Å². The van der Waals surface area contributed by atoms with Crippen LogP contribution in [0.3, 0.4) is 0 Å². The number of methoxy groups -OCH3 is 4. The van der Waals surface area contributed by atoms with Gasteiger partial charge < -0.3 is 24.1 Å². The summed E-state index contributed by atoms with van der Waals surface area (Å²) < 4.78 is 70.7. The van der Waals surface area contributed by atoms with Crippen LogP contribution in [-0.4, -0.2) is 62.1 Å². The molecule has 2 aromatic rings. The molecule has 34 heavy (non-hydrogen) atoms. The van der Waals surface area contributed by atoms with E-state index in [1.54, 1.807) is 12.1 Å². The van der Waals surface area contributed by atoms with Gasteiger partial charge in [0.05, 0.1) is 45.5 Å². The monoisotopic (exact) mass is 514 g/mol. The summed E-state index contributed by atoms with van der Waals surface area (Å²) in [5, 5.41) is 9.80. The van der Waals surface area contributed by atoms with Crippen molar-refractivity contribution >= 4 is 31.7 Å². The number of aliphatic carboxylic acids is 1. The van der Waals surface area contributed by atoms with Crippen molar-refractivity contribution in [3.05, 3.63) is 52.4 Å². The molecule has 0 aliphatic carbocycles. The first-order valence-corrected chi connectivity index (χ1v) is 13.3. The Kier molecular flexibility index (Phi) is 8.93. The fourth-order valence-corrected chi connectivity index (χ4v) is 5.42. The highest BCUT2D eigenvalue weighted by atomic mass is 32.2. The first-order chi connectivity index (χ1) is 15.9. The maximum atomic E-state index is 12.8. The van der Waals surface area contributed by atoms with Gasteiger partial charge in [0.2, 0.25) is 0 Å². The minimum atomic E-state index is -3.98. The smallest absolute Gasteiger partial charge is 0.318 e. The van der Waals surface area contributed by atoms with Gasteiger partial charge in [-0.25, -0.2) is 16.8 Å². The maximum absolute atomic E-state index is 12.8. The van der Waals surface area contributed by atoms with E-state index < -0.39 is 42.9 Å². The topological polar surface area (TPSA) is 142 Å². The molecule has 2 aromatic carbocycles. The van der Waals surface area contributed by atoms with E-state index >= 15 is 0 Å². The molecule has 1 N–H and O–H groups in total. The Morgan fingerprint density at radius 2 is 1.44 bits per heavy atom. The molecule has 0 bridgehead atoms. The van der Waals surface area contributed by atoms with Gasteiger partial charge in [-0.05, 0) is 17.7 Å². The van der Waals surface area contributed by atoms with E-state index in [1.165, 1.54) is 52.7 Å². The Hall–Kier alpha value is -3.25. The van der Waals surface area contributed by atoms with Gasteiger partial charge in [0.1, 0.15) is 28.8 Å². The Morgan fingerprint density at radius 3 is 1.94 bits per heavy atom. The highest BCUT2D eigenvalue weighted by molar-refractivity contribution is 7.93. The minimum Gasteiger partial charge on any atom is -0.496 e. The zero-order valence-electron chi connectivity index (χ0n) is 19.1. The van der Waals surface area contributed by atoms with Crippen LogP contribution >= 0.6 is 0 Å². The van der Waals surface area contributed by atoms with Crippen molar-refractivity contribution in [2.45, 2.75) is 11.5 Å². The van der Waals surface area contributed by atoms with Gasteiger partial charge in [-0.15, -0.1) is 0 Å². The van der Waals surface area contributed by atoms with Crippen LogP contribution < -0.4 is 18.9 Å². The molecule has 0 aliphatic heterocycles. The van der Waals surface area contributed by atoms with Crippen LogP contribution in [0.4, 0.5) is 0 Å². The molecule has 0 aromatic heterocycles. The molecule has 0 radical (unpaired) electrons. The highest BCUT2D eigenvalue weighted by Crippen LogP contribution is 2.35. The van der Waals surface area contributed by atoms with Gasteiger partial charge in [0.25, 0.3) is 0 Å². The first kappa shape index (κ1) is 27.0. The summed E-state index contributed by atoms with van der Waals surface area (Å²) in [6, 6.07) is 7.48. The molecule has 0 unspecified atom stereocenters. The van der Waals surface area contributed by atoms with Crippen molar-refractivity contribution in [2.75, 3.05) is 34.2 Å². The van der Waals surface area contributed by atoms with Crippen LogP contribution in [0.1, 0.15) is 16.7 Å². The number of carbonyl (C=O) groups is 1. The van der Waals surface area contributed by atoms with Crippen LogP contribution in [0.2, 0.25) is 0 Å². The summed E-state index contributed by atoms with van der Waals surface area (Å²) >= 11 is 0. The lowest BCUT2D eigenvalue weighted by Gasteiger charge is -2.13. The largest absolute Gasteiger partial charge is 0.496 e. The summed E-state index contributed by atoms with van der Waals surface area (Å²) in [7, 11) is -2.12. The van der Waals surface area contributed by atoms with E-state index in [0.717, 1.165) is 5.41 Å². The molecule has 0 amide bonds. The molecular weight excluding hydrogens is 488 g/mol. The second-order valence-corrected chi connectivity index (χ2v) is 11.1. The molecule has 0 saturated heterocycles. The van der Waals surface area contributed by atoms with Gasteiger partial charge in [-0.2, -0.15) is 0 Å². The number of carboxylic acid groups (broad SMARTS) is 1. The van der Waals surface area contributed by atoms with Crippen LogP contribution in [-0.2, 0) is 36.0 Å². The molecule has 10 nitrogen and oxygen atoms in total. The van der Waals surface area contributed by atoms with Crippen LogP contribution in [0.15, 0.2) is 35.7 Å². The van der Waals surface area contributed by atoms with Gasteiger partial charge >= 0.3 is 5.97 Å². The fourth-order valence-electron chi connectivity index (χ4n) is 3.16. The molecule has 2 rings (SSSR count). The van der Waals surface area contributed by atoms with Gasteiger partial charge in [-0.1, -0.05) is 12.1 Å². The van der Waals surface area contributed by atoms with Gasteiger partial charge in [0, 0.05) is 23.1 Å². The molecule has 12 heteroatoms. The molecule has 0 fully saturated rings. The summed E-state index contributed by atoms with van der Waals surface area (Å²) in [5.74, 6) is -2.20. The standard InChI is InChI=1S/C22H26O10S2/c1-29-17-10-20(31-3)18(21(11-17)32-4)7-8-33(25,26)12-15-5-6-19(30-2)16(9-15)13-34(27,28)14-22(23)24/h5-11H,12-14H2,1-4H3,(H,23,24)/b8-7+. The summed E-state index contributed by atoms with van der Waals surface area (Å²) in [4.78, 5) is 10.8. The Labute approximate surface area is 198 Å². The third kappa shape index (κ3) is 7.39. The number of benzene rings is 2. The predicted octanol–water partition coefficient (Wildman–Crippen LogP) is 2.31. The number of rotatable bonds is 12. The quantitative estimate of drug-likeness (QED) is 0.448.